The molecule has 1 aliphatic carbocycles. The average molecular weight is 214 g/mol. The molecule has 90 valence electrons. The Balaban J connectivity index is 2.34. The summed E-state index contributed by atoms with van der Waals surface area (Å²) in [6.07, 6.45) is 6.32. The summed E-state index contributed by atoms with van der Waals surface area (Å²) in [5.41, 5.74) is 0. The van der Waals surface area contributed by atoms with E-state index in [0.717, 1.165) is 19.1 Å². The van der Waals surface area contributed by atoms with Gasteiger partial charge in [0.2, 0.25) is 0 Å². The summed E-state index contributed by atoms with van der Waals surface area (Å²) in [5.74, 6) is 0. The van der Waals surface area contributed by atoms with Crippen LogP contribution >= 0.6 is 0 Å². The number of nitrogens with zero attached hydrogens (tertiary/aromatic N) is 1. The van der Waals surface area contributed by atoms with E-state index < -0.39 is 0 Å². The van der Waals surface area contributed by atoms with Crippen LogP contribution in [-0.2, 0) is 0 Å². The van der Waals surface area contributed by atoms with Gasteiger partial charge in [-0.1, -0.05) is 6.92 Å². The number of aliphatic hydroxyl groups excluding tert-OH is 1. The third-order valence-corrected chi connectivity index (χ3v) is 3.52. The van der Waals surface area contributed by atoms with Gasteiger partial charge in [-0.3, -0.25) is 4.90 Å². The Hall–Kier alpha value is -0.120. The first-order valence-electron chi connectivity index (χ1n) is 6.34. The Morgan fingerprint density at radius 1 is 1.20 bits per heavy atom. The van der Waals surface area contributed by atoms with Crippen LogP contribution in [0.3, 0.4) is 0 Å². The third-order valence-electron chi connectivity index (χ3n) is 3.52. The zero-order chi connectivity index (χ0) is 11.1. The van der Waals surface area contributed by atoms with Crippen LogP contribution in [0.2, 0.25) is 0 Å². The maximum Gasteiger partial charge on any atom is 0.0558 e. The van der Waals surface area contributed by atoms with E-state index in [1.807, 2.05) is 0 Å². The maximum absolute atomic E-state index is 9.04. The predicted octanol–water partition coefficient (Wildman–Crippen LogP) is 1.22. The minimum Gasteiger partial charge on any atom is -0.395 e. The number of hydrogen-bond donors (Lipinski definition) is 2. The molecule has 0 heterocycles. The Kier molecular flexibility index (Phi) is 6.22. The lowest BCUT2D eigenvalue weighted by molar-refractivity contribution is 0.117. The van der Waals surface area contributed by atoms with E-state index in [-0.39, 0.29) is 0 Å². The van der Waals surface area contributed by atoms with Crippen molar-refractivity contribution >= 4 is 0 Å². The zero-order valence-corrected chi connectivity index (χ0v) is 10.2. The van der Waals surface area contributed by atoms with E-state index in [1.54, 1.807) is 0 Å². The fraction of sp³-hybridized carbons (Fsp3) is 1.00. The molecule has 1 rings (SSSR count). The summed E-state index contributed by atoms with van der Waals surface area (Å²) < 4.78 is 0. The van der Waals surface area contributed by atoms with E-state index in [2.05, 4.69) is 24.2 Å². The lowest BCUT2D eigenvalue weighted by atomic mass is 9.90. The zero-order valence-electron chi connectivity index (χ0n) is 10.2. The van der Waals surface area contributed by atoms with Crippen LogP contribution in [0.15, 0.2) is 0 Å². The van der Waals surface area contributed by atoms with Crippen LogP contribution in [0.4, 0.5) is 0 Å². The fourth-order valence-electron chi connectivity index (χ4n) is 2.62. The second-order valence-corrected chi connectivity index (χ2v) is 4.55. The van der Waals surface area contributed by atoms with Crippen molar-refractivity contribution in [2.75, 3.05) is 26.7 Å². The molecule has 1 fully saturated rings. The summed E-state index contributed by atoms with van der Waals surface area (Å²) in [5, 5.41) is 12.4. The molecule has 15 heavy (non-hydrogen) atoms. The van der Waals surface area contributed by atoms with Gasteiger partial charge in [-0.05, 0) is 45.7 Å². The molecular weight excluding hydrogens is 188 g/mol. The standard InChI is InChI=1S/C12H26N2O/c1-3-8-14(9-10-15)12-6-4-11(13-2)5-7-12/h11-13,15H,3-10H2,1-2H3. The molecule has 1 aliphatic rings. The Labute approximate surface area is 93.9 Å². The van der Waals surface area contributed by atoms with E-state index in [0.29, 0.717) is 12.6 Å². The van der Waals surface area contributed by atoms with Gasteiger partial charge in [0.25, 0.3) is 0 Å². The SMILES string of the molecule is CCCN(CCO)C1CCC(NC)CC1. The molecule has 0 aromatic carbocycles. The molecule has 0 spiro atoms. The van der Waals surface area contributed by atoms with Gasteiger partial charge in [-0.15, -0.1) is 0 Å². The molecule has 0 aromatic rings. The first-order chi connectivity index (χ1) is 7.31. The summed E-state index contributed by atoms with van der Waals surface area (Å²) in [7, 11) is 2.06. The van der Waals surface area contributed by atoms with E-state index in [4.69, 9.17) is 5.11 Å². The number of rotatable bonds is 6. The normalized spacial score (nSPS) is 27.2. The van der Waals surface area contributed by atoms with Crippen LogP contribution in [0, 0.1) is 0 Å². The highest BCUT2D eigenvalue weighted by Crippen LogP contribution is 2.22. The van der Waals surface area contributed by atoms with Gasteiger partial charge in [0.15, 0.2) is 0 Å². The molecule has 3 heteroatoms. The predicted molar refractivity (Wildman–Crippen MR) is 64.1 cm³/mol. The summed E-state index contributed by atoms with van der Waals surface area (Å²) in [6, 6.07) is 1.43. The highest BCUT2D eigenvalue weighted by molar-refractivity contribution is 4.82. The van der Waals surface area contributed by atoms with Crippen molar-refractivity contribution in [3.8, 4) is 0 Å². The Morgan fingerprint density at radius 2 is 1.87 bits per heavy atom. The Bertz CT molecular complexity index is 150. The van der Waals surface area contributed by atoms with Gasteiger partial charge < -0.3 is 10.4 Å². The van der Waals surface area contributed by atoms with Gasteiger partial charge in [0.1, 0.15) is 0 Å². The molecule has 0 atom stereocenters. The fourth-order valence-corrected chi connectivity index (χ4v) is 2.62. The van der Waals surface area contributed by atoms with Crippen LogP contribution < -0.4 is 5.32 Å². The van der Waals surface area contributed by atoms with Crippen LogP contribution in [-0.4, -0.2) is 48.8 Å². The van der Waals surface area contributed by atoms with E-state index >= 15 is 0 Å². The van der Waals surface area contributed by atoms with Gasteiger partial charge in [0, 0.05) is 18.6 Å². The minimum atomic E-state index is 0.298. The minimum absolute atomic E-state index is 0.298. The van der Waals surface area contributed by atoms with E-state index in [1.165, 1.54) is 32.1 Å². The summed E-state index contributed by atoms with van der Waals surface area (Å²) in [4.78, 5) is 2.46. The van der Waals surface area contributed by atoms with E-state index in [9.17, 15) is 0 Å². The lowest BCUT2D eigenvalue weighted by Gasteiger charge is -2.36. The van der Waals surface area contributed by atoms with Crippen LogP contribution in [0.1, 0.15) is 39.0 Å². The molecule has 0 radical (unpaired) electrons. The van der Waals surface area contributed by atoms with Crippen molar-refractivity contribution in [2.45, 2.75) is 51.1 Å². The molecule has 0 amide bonds. The monoisotopic (exact) mass is 214 g/mol. The highest BCUT2D eigenvalue weighted by Gasteiger charge is 2.24. The number of nitrogens with one attached hydrogen (secondary N) is 1. The largest absolute Gasteiger partial charge is 0.395 e. The smallest absolute Gasteiger partial charge is 0.0558 e. The summed E-state index contributed by atoms with van der Waals surface area (Å²) in [6.45, 7) is 4.49. The molecule has 2 N–H and O–H groups in total. The first kappa shape index (κ1) is 12.9. The second kappa shape index (κ2) is 7.20. The van der Waals surface area contributed by atoms with Gasteiger partial charge in [-0.2, -0.15) is 0 Å². The quantitative estimate of drug-likeness (QED) is 0.698. The molecule has 0 saturated heterocycles. The Morgan fingerprint density at radius 3 is 2.33 bits per heavy atom. The van der Waals surface area contributed by atoms with Crippen molar-refractivity contribution in [3.05, 3.63) is 0 Å². The lowest BCUT2D eigenvalue weighted by Crippen LogP contribution is -2.43. The van der Waals surface area contributed by atoms with Gasteiger partial charge >= 0.3 is 0 Å². The van der Waals surface area contributed by atoms with Crippen molar-refractivity contribution in [1.29, 1.82) is 0 Å². The maximum atomic E-state index is 9.04. The molecule has 3 nitrogen and oxygen atoms in total. The van der Waals surface area contributed by atoms with Crippen molar-refractivity contribution < 1.29 is 5.11 Å². The molecule has 1 saturated carbocycles. The molecule has 0 aromatic heterocycles. The van der Waals surface area contributed by atoms with Crippen molar-refractivity contribution in [3.63, 3.8) is 0 Å². The summed E-state index contributed by atoms with van der Waals surface area (Å²) >= 11 is 0. The first-order valence-corrected chi connectivity index (χ1v) is 6.34. The molecule has 0 unspecified atom stereocenters. The molecular formula is C12H26N2O. The average Bonchev–Trinajstić information content (AvgIpc) is 2.29. The van der Waals surface area contributed by atoms with Crippen LogP contribution in [0.25, 0.3) is 0 Å². The number of hydrogen-bond acceptors (Lipinski definition) is 3. The number of aliphatic hydroxyl groups is 1. The highest BCUT2D eigenvalue weighted by atomic mass is 16.3. The molecule has 0 aliphatic heterocycles. The third kappa shape index (κ3) is 4.09. The van der Waals surface area contributed by atoms with Crippen molar-refractivity contribution in [1.82, 2.24) is 10.2 Å². The van der Waals surface area contributed by atoms with Gasteiger partial charge in [0.05, 0.1) is 6.61 Å². The topological polar surface area (TPSA) is 35.5 Å². The molecule has 0 bridgehead atoms. The van der Waals surface area contributed by atoms with Crippen LogP contribution in [0.5, 0.6) is 0 Å². The van der Waals surface area contributed by atoms with Gasteiger partial charge in [-0.25, -0.2) is 0 Å². The second-order valence-electron chi connectivity index (χ2n) is 4.55. The van der Waals surface area contributed by atoms with Crippen molar-refractivity contribution in [2.24, 2.45) is 0 Å².